The molecule has 0 spiro atoms. The maximum absolute atomic E-state index is 11.5. The van der Waals surface area contributed by atoms with E-state index in [2.05, 4.69) is 18.7 Å². The minimum Gasteiger partial charge on any atom is -0.493 e. The number of nitrogens with zero attached hydrogens (tertiary/aromatic N) is 1. The zero-order valence-electron chi connectivity index (χ0n) is 13.9. The molecule has 122 valence electrons. The molecule has 1 aliphatic rings. The first-order chi connectivity index (χ1) is 10.6. The van der Waals surface area contributed by atoms with E-state index in [1.807, 2.05) is 24.3 Å². The Balaban J connectivity index is 1.68. The summed E-state index contributed by atoms with van der Waals surface area (Å²) in [6.07, 6.45) is 2.73. The Morgan fingerprint density at radius 1 is 1.23 bits per heavy atom. The third-order valence-corrected chi connectivity index (χ3v) is 3.89. The lowest BCUT2D eigenvalue weighted by atomic mass is 10.1. The number of carbonyl (C=O) groups is 1. The van der Waals surface area contributed by atoms with Gasteiger partial charge in [-0.25, -0.2) is 0 Å². The normalized spacial score (nSPS) is 22.5. The van der Waals surface area contributed by atoms with E-state index in [4.69, 9.17) is 9.47 Å². The van der Waals surface area contributed by atoms with Gasteiger partial charge in [0, 0.05) is 13.1 Å². The first-order valence-electron chi connectivity index (χ1n) is 8.17. The largest absolute Gasteiger partial charge is 0.493 e. The van der Waals surface area contributed by atoms with E-state index in [0.29, 0.717) is 30.1 Å². The number of hydrogen-bond acceptors (Lipinski definition) is 4. The molecule has 0 bridgehead atoms. The zero-order chi connectivity index (χ0) is 15.9. The number of ether oxygens (including phenoxy) is 2. The van der Waals surface area contributed by atoms with Crippen LogP contribution in [0.25, 0.3) is 0 Å². The molecule has 2 rings (SSSR count). The Morgan fingerprint density at radius 2 is 1.91 bits per heavy atom. The first-order valence-corrected chi connectivity index (χ1v) is 8.17. The molecule has 1 aromatic rings. The molecule has 0 aromatic heterocycles. The Bertz CT molecular complexity index is 479. The van der Waals surface area contributed by atoms with Crippen LogP contribution in [-0.4, -0.2) is 49.1 Å². The molecule has 4 nitrogen and oxygen atoms in total. The van der Waals surface area contributed by atoms with E-state index in [0.717, 1.165) is 32.5 Å². The number of unbranched alkanes of at least 4 members (excludes halogenated alkanes) is 1. The minimum atomic E-state index is 0.0480. The van der Waals surface area contributed by atoms with Crippen LogP contribution < -0.4 is 4.74 Å². The fourth-order valence-electron chi connectivity index (χ4n) is 2.97. The molecule has 1 saturated heterocycles. The monoisotopic (exact) mass is 305 g/mol. The van der Waals surface area contributed by atoms with Gasteiger partial charge in [-0.15, -0.1) is 0 Å². The van der Waals surface area contributed by atoms with Crippen molar-refractivity contribution in [2.24, 2.45) is 0 Å². The molecule has 0 amide bonds. The van der Waals surface area contributed by atoms with Crippen LogP contribution in [0.1, 0.15) is 44.0 Å². The molecule has 1 aliphatic heterocycles. The third-order valence-electron chi connectivity index (χ3n) is 3.89. The minimum absolute atomic E-state index is 0.0480. The number of para-hydroxylation sites is 1. The summed E-state index contributed by atoms with van der Waals surface area (Å²) < 4.78 is 11.5. The predicted molar refractivity (Wildman–Crippen MR) is 87.6 cm³/mol. The van der Waals surface area contributed by atoms with Crippen molar-refractivity contribution in [3.63, 3.8) is 0 Å². The van der Waals surface area contributed by atoms with Crippen LogP contribution in [0.15, 0.2) is 24.3 Å². The molecule has 0 unspecified atom stereocenters. The van der Waals surface area contributed by atoms with Gasteiger partial charge in [-0.1, -0.05) is 12.1 Å². The topological polar surface area (TPSA) is 38.8 Å². The van der Waals surface area contributed by atoms with E-state index < -0.39 is 0 Å². The van der Waals surface area contributed by atoms with Gasteiger partial charge in [-0.05, 0) is 52.3 Å². The molecule has 1 fully saturated rings. The fourth-order valence-corrected chi connectivity index (χ4v) is 2.97. The van der Waals surface area contributed by atoms with E-state index >= 15 is 0 Å². The SMILES string of the molecule is CC(=O)c1ccccc1OCCCCN1C[C@@H](C)O[C@@H](C)C1. The zero-order valence-corrected chi connectivity index (χ0v) is 13.9. The standard InChI is InChI=1S/C18H27NO3/c1-14-12-19(13-15(2)22-14)10-6-7-11-21-18-9-5-4-8-17(18)16(3)20/h4-5,8-9,14-15H,6-7,10-13H2,1-3H3/t14-,15+. The van der Waals surface area contributed by atoms with Crippen LogP contribution in [0.2, 0.25) is 0 Å². The van der Waals surface area contributed by atoms with Crippen molar-refractivity contribution in [3.05, 3.63) is 29.8 Å². The maximum atomic E-state index is 11.5. The van der Waals surface area contributed by atoms with Gasteiger partial charge in [-0.2, -0.15) is 0 Å². The van der Waals surface area contributed by atoms with E-state index in [1.54, 1.807) is 6.92 Å². The number of carbonyl (C=O) groups excluding carboxylic acids is 1. The molecule has 2 atom stereocenters. The van der Waals surface area contributed by atoms with Gasteiger partial charge in [0.1, 0.15) is 5.75 Å². The summed E-state index contributed by atoms with van der Waals surface area (Å²) in [6, 6.07) is 7.44. The molecule has 22 heavy (non-hydrogen) atoms. The summed E-state index contributed by atoms with van der Waals surface area (Å²) >= 11 is 0. The molecule has 0 aliphatic carbocycles. The third kappa shape index (κ3) is 5.11. The van der Waals surface area contributed by atoms with Gasteiger partial charge in [0.05, 0.1) is 24.4 Å². The molecule has 0 saturated carbocycles. The van der Waals surface area contributed by atoms with Crippen LogP contribution in [0, 0.1) is 0 Å². The van der Waals surface area contributed by atoms with Crippen LogP contribution in [0.4, 0.5) is 0 Å². The van der Waals surface area contributed by atoms with E-state index in [-0.39, 0.29) is 5.78 Å². The quantitative estimate of drug-likeness (QED) is 0.573. The summed E-state index contributed by atoms with van der Waals surface area (Å²) in [5, 5.41) is 0. The molecule has 1 aromatic carbocycles. The van der Waals surface area contributed by atoms with Gasteiger partial charge >= 0.3 is 0 Å². The Labute approximate surface area is 133 Å². The summed E-state index contributed by atoms with van der Waals surface area (Å²) in [4.78, 5) is 14.0. The van der Waals surface area contributed by atoms with Gasteiger partial charge < -0.3 is 9.47 Å². The van der Waals surface area contributed by atoms with Gasteiger partial charge in [0.2, 0.25) is 0 Å². The highest BCUT2D eigenvalue weighted by Crippen LogP contribution is 2.18. The highest BCUT2D eigenvalue weighted by atomic mass is 16.5. The smallest absolute Gasteiger partial charge is 0.163 e. The van der Waals surface area contributed by atoms with E-state index in [1.165, 1.54) is 0 Å². The van der Waals surface area contributed by atoms with Gasteiger partial charge in [0.15, 0.2) is 5.78 Å². The second-order valence-corrected chi connectivity index (χ2v) is 6.12. The van der Waals surface area contributed by atoms with Crippen LogP contribution in [-0.2, 0) is 4.74 Å². The lowest BCUT2D eigenvalue weighted by molar-refractivity contribution is -0.0682. The van der Waals surface area contributed by atoms with Crippen molar-refractivity contribution in [2.45, 2.75) is 45.8 Å². The first kappa shape index (κ1) is 17.0. The van der Waals surface area contributed by atoms with Crippen LogP contribution in [0.5, 0.6) is 5.75 Å². The second-order valence-electron chi connectivity index (χ2n) is 6.12. The molecule has 1 heterocycles. The van der Waals surface area contributed by atoms with Crippen molar-refractivity contribution in [3.8, 4) is 5.75 Å². The average Bonchev–Trinajstić information content (AvgIpc) is 2.46. The van der Waals surface area contributed by atoms with Gasteiger partial charge in [-0.3, -0.25) is 9.69 Å². The molecule has 0 radical (unpaired) electrons. The predicted octanol–water partition coefficient (Wildman–Crippen LogP) is 3.16. The number of rotatable bonds is 7. The molecule has 4 heteroatoms. The highest BCUT2D eigenvalue weighted by Gasteiger charge is 2.21. The summed E-state index contributed by atoms with van der Waals surface area (Å²) in [7, 11) is 0. The summed E-state index contributed by atoms with van der Waals surface area (Å²) in [6.45, 7) is 9.59. The average molecular weight is 305 g/mol. The van der Waals surface area contributed by atoms with Crippen LogP contribution >= 0.6 is 0 Å². The number of Topliss-reactive ketones (excluding diaryl/α,β-unsaturated/α-hetero) is 1. The summed E-state index contributed by atoms with van der Waals surface area (Å²) in [5.41, 5.74) is 0.665. The van der Waals surface area contributed by atoms with Gasteiger partial charge in [0.25, 0.3) is 0 Å². The lowest BCUT2D eigenvalue weighted by Gasteiger charge is -2.35. The molecular weight excluding hydrogens is 278 g/mol. The van der Waals surface area contributed by atoms with Crippen molar-refractivity contribution in [1.82, 2.24) is 4.90 Å². The Morgan fingerprint density at radius 3 is 2.59 bits per heavy atom. The van der Waals surface area contributed by atoms with Crippen molar-refractivity contribution >= 4 is 5.78 Å². The van der Waals surface area contributed by atoms with Crippen molar-refractivity contribution in [1.29, 1.82) is 0 Å². The van der Waals surface area contributed by atoms with Crippen LogP contribution in [0.3, 0.4) is 0 Å². The highest BCUT2D eigenvalue weighted by molar-refractivity contribution is 5.96. The van der Waals surface area contributed by atoms with E-state index in [9.17, 15) is 4.79 Å². The molecular formula is C18H27NO3. The second kappa shape index (κ2) is 8.30. The number of ketones is 1. The maximum Gasteiger partial charge on any atom is 0.163 e. The number of morpholine rings is 1. The Kier molecular flexibility index (Phi) is 6.40. The number of hydrogen-bond donors (Lipinski definition) is 0. The summed E-state index contributed by atoms with van der Waals surface area (Å²) in [5.74, 6) is 0.746. The molecule has 0 N–H and O–H groups in total. The fraction of sp³-hybridized carbons (Fsp3) is 0.611. The Hall–Kier alpha value is -1.39. The van der Waals surface area contributed by atoms with Crippen molar-refractivity contribution < 1.29 is 14.3 Å². The lowest BCUT2D eigenvalue weighted by Crippen LogP contribution is -2.45. The van der Waals surface area contributed by atoms with Crippen molar-refractivity contribution in [2.75, 3.05) is 26.2 Å². The number of benzene rings is 1.